The summed E-state index contributed by atoms with van der Waals surface area (Å²) in [4.78, 5) is 33.2. The molecule has 0 amide bonds. The molecule has 1 unspecified atom stereocenters. The molecule has 0 saturated carbocycles. The number of hydrogen-bond donors (Lipinski definition) is 3. The van der Waals surface area contributed by atoms with E-state index in [1.54, 1.807) is 0 Å². The molecule has 0 fully saturated rings. The van der Waals surface area contributed by atoms with Crippen molar-refractivity contribution < 1.29 is 34.4 Å². The van der Waals surface area contributed by atoms with Gasteiger partial charge in [0.1, 0.15) is 0 Å². The molecular formula is C21H36O7. The van der Waals surface area contributed by atoms with Gasteiger partial charge in [0, 0.05) is 0 Å². The second kappa shape index (κ2) is 16.1. The molecular weight excluding hydrogens is 364 g/mol. The standard InChI is InChI=1S/C21H36O7/c1-2-3-4-5-6-7-8-9-10-11-12-13-14-15-28-19(24)17-21(27,20(25)26)16-18(22)23/h12-13,27H,2-11,14-17H2,1H3,(H,22,23)(H,25,26). The predicted molar refractivity (Wildman–Crippen MR) is 106 cm³/mol. The first-order valence-corrected chi connectivity index (χ1v) is 10.3. The fourth-order valence-electron chi connectivity index (χ4n) is 2.80. The molecule has 0 spiro atoms. The molecule has 0 radical (unpaired) electrons. The van der Waals surface area contributed by atoms with Crippen LogP contribution < -0.4 is 0 Å². The van der Waals surface area contributed by atoms with Crippen LogP contribution in [0.4, 0.5) is 0 Å². The molecule has 0 aliphatic heterocycles. The summed E-state index contributed by atoms with van der Waals surface area (Å²) in [6.07, 6.45) is 15.0. The highest BCUT2D eigenvalue weighted by Crippen LogP contribution is 2.17. The van der Waals surface area contributed by atoms with Gasteiger partial charge in [-0.3, -0.25) is 9.59 Å². The van der Waals surface area contributed by atoms with Crippen LogP contribution in [0.1, 0.15) is 90.4 Å². The van der Waals surface area contributed by atoms with Crippen LogP contribution in [-0.4, -0.2) is 45.4 Å². The van der Waals surface area contributed by atoms with E-state index in [1.807, 2.05) is 12.2 Å². The van der Waals surface area contributed by atoms with E-state index in [2.05, 4.69) is 6.92 Å². The van der Waals surface area contributed by atoms with E-state index in [9.17, 15) is 19.5 Å². The first-order chi connectivity index (χ1) is 13.3. The molecule has 0 rings (SSSR count). The van der Waals surface area contributed by atoms with Gasteiger partial charge in [0.05, 0.1) is 19.4 Å². The number of carboxylic acids is 2. The fourth-order valence-corrected chi connectivity index (χ4v) is 2.80. The Balaban J connectivity index is 3.71. The van der Waals surface area contributed by atoms with Crippen molar-refractivity contribution in [2.24, 2.45) is 0 Å². The number of aliphatic carboxylic acids is 2. The molecule has 0 bridgehead atoms. The topological polar surface area (TPSA) is 121 Å². The average Bonchev–Trinajstić information content (AvgIpc) is 2.61. The Bertz CT molecular complexity index is 487. The summed E-state index contributed by atoms with van der Waals surface area (Å²) in [7, 11) is 0. The third-order valence-electron chi connectivity index (χ3n) is 4.47. The molecule has 0 heterocycles. The van der Waals surface area contributed by atoms with E-state index in [4.69, 9.17) is 14.9 Å². The average molecular weight is 401 g/mol. The van der Waals surface area contributed by atoms with Crippen LogP contribution in [0.3, 0.4) is 0 Å². The monoisotopic (exact) mass is 400 g/mol. The molecule has 7 heteroatoms. The predicted octanol–water partition coefficient (Wildman–Crippen LogP) is 4.08. The number of esters is 1. The van der Waals surface area contributed by atoms with Gasteiger partial charge < -0.3 is 20.1 Å². The van der Waals surface area contributed by atoms with Gasteiger partial charge in [-0.25, -0.2) is 4.79 Å². The van der Waals surface area contributed by atoms with Crippen LogP contribution in [0.2, 0.25) is 0 Å². The van der Waals surface area contributed by atoms with Gasteiger partial charge in [-0.1, -0.05) is 70.4 Å². The Labute approximate surface area is 167 Å². The van der Waals surface area contributed by atoms with Crippen molar-refractivity contribution in [3.63, 3.8) is 0 Å². The number of rotatable bonds is 18. The maximum atomic E-state index is 11.6. The number of hydrogen-bond acceptors (Lipinski definition) is 5. The normalized spacial score (nSPS) is 13.4. The quantitative estimate of drug-likeness (QED) is 0.180. The smallest absolute Gasteiger partial charge is 0.336 e. The molecule has 162 valence electrons. The lowest BCUT2D eigenvalue weighted by Crippen LogP contribution is -2.43. The van der Waals surface area contributed by atoms with Gasteiger partial charge in [0.15, 0.2) is 5.60 Å². The molecule has 0 aliphatic carbocycles. The summed E-state index contributed by atoms with van der Waals surface area (Å²) < 4.78 is 4.86. The zero-order valence-corrected chi connectivity index (χ0v) is 17.0. The highest BCUT2D eigenvalue weighted by atomic mass is 16.5. The van der Waals surface area contributed by atoms with E-state index >= 15 is 0 Å². The first-order valence-electron chi connectivity index (χ1n) is 10.3. The van der Waals surface area contributed by atoms with Crippen molar-refractivity contribution in [2.75, 3.05) is 6.61 Å². The van der Waals surface area contributed by atoms with Gasteiger partial charge in [0.2, 0.25) is 0 Å². The van der Waals surface area contributed by atoms with Crippen molar-refractivity contribution in [2.45, 2.75) is 96.0 Å². The van der Waals surface area contributed by atoms with E-state index in [0.29, 0.717) is 6.42 Å². The molecule has 3 N–H and O–H groups in total. The highest BCUT2D eigenvalue weighted by Gasteiger charge is 2.41. The number of carbonyl (C=O) groups excluding carboxylic acids is 1. The molecule has 0 aromatic heterocycles. The summed E-state index contributed by atoms with van der Waals surface area (Å²) in [5, 5.41) is 27.3. The Morgan fingerprint density at radius 3 is 1.89 bits per heavy atom. The third kappa shape index (κ3) is 14.2. The molecule has 28 heavy (non-hydrogen) atoms. The minimum atomic E-state index is -2.64. The van der Waals surface area contributed by atoms with Crippen LogP contribution in [0.25, 0.3) is 0 Å². The van der Waals surface area contributed by atoms with Crippen molar-refractivity contribution >= 4 is 17.9 Å². The lowest BCUT2D eigenvalue weighted by Gasteiger charge is -2.20. The van der Waals surface area contributed by atoms with Crippen molar-refractivity contribution in [3.8, 4) is 0 Å². The zero-order valence-electron chi connectivity index (χ0n) is 17.0. The Hall–Kier alpha value is -1.89. The number of unbranched alkanes of at least 4 members (excludes halogenated alkanes) is 9. The zero-order chi connectivity index (χ0) is 21.3. The van der Waals surface area contributed by atoms with Crippen LogP contribution in [0.15, 0.2) is 12.2 Å². The molecule has 0 aliphatic rings. The highest BCUT2D eigenvalue weighted by molar-refractivity contribution is 5.88. The second-order valence-electron chi connectivity index (χ2n) is 7.18. The number of aliphatic hydroxyl groups is 1. The van der Waals surface area contributed by atoms with Gasteiger partial charge in [-0.2, -0.15) is 0 Å². The van der Waals surface area contributed by atoms with Crippen LogP contribution >= 0.6 is 0 Å². The van der Waals surface area contributed by atoms with Gasteiger partial charge in [-0.15, -0.1) is 0 Å². The number of carboxylic acid groups (broad SMARTS) is 2. The van der Waals surface area contributed by atoms with Crippen molar-refractivity contribution in [1.29, 1.82) is 0 Å². The minimum absolute atomic E-state index is 0.0653. The SMILES string of the molecule is CCCCCCCCCCCC=CCCOC(=O)CC(O)(CC(=O)O)C(=O)O. The Morgan fingerprint density at radius 2 is 1.36 bits per heavy atom. The maximum absolute atomic E-state index is 11.6. The number of ether oxygens (including phenoxy) is 1. The lowest BCUT2D eigenvalue weighted by molar-refractivity contribution is -0.171. The molecule has 1 atom stereocenters. The lowest BCUT2D eigenvalue weighted by atomic mass is 9.96. The summed E-state index contributed by atoms with van der Waals surface area (Å²) in [6, 6.07) is 0. The van der Waals surface area contributed by atoms with E-state index in [0.717, 1.165) is 12.8 Å². The van der Waals surface area contributed by atoms with Crippen LogP contribution in [0.5, 0.6) is 0 Å². The van der Waals surface area contributed by atoms with Crippen molar-refractivity contribution in [1.82, 2.24) is 0 Å². The second-order valence-corrected chi connectivity index (χ2v) is 7.18. The Morgan fingerprint density at radius 1 is 0.821 bits per heavy atom. The molecule has 0 aromatic carbocycles. The van der Waals surface area contributed by atoms with Gasteiger partial charge >= 0.3 is 17.9 Å². The fraction of sp³-hybridized carbons (Fsp3) is 0.762. The van der Waals surface area contributed by atoms with Crippen LogP contribution in [-0.2, 0) is 19.1 Å². The summed E-state index contributed by atoms with van der Waals surface area (Å²) in [5.74, 6) is -4.19. The van der Waals surface area contributed by atoms with E-state index < -0.39 is 36.4 Å². The van der Waals surface area contributed by atoms with Gasteiger partial charge in [-0.05, 0) is 19.3 Å². The van der Waals surface area contributed by atoms with E-state index in [1.165, 1.54) is 51.4 Å². The minimum Gasteiger partial charge on any atom is -0.481 e. The number of allylic oxidation sites excluding steroid dienone is 1. The maximum Gasteiger partial charge on any atom is 0.336 e. The summed E-state index contributed by atoms with van der Waals surface area (Å²) in [6.45, 7) is 2.29. The largest absolute Gasteiger partial charge is 0.481 e. The molecule has 0 saturated heterocycles. The summed E-state index contributed by atoms with van der Waals surface area (Å²) >= 11 is 0. The summed E-state index contributed by atoms with van der Waals surface area (Å²) in [5.41, 5.74) is -2.64. The van der Waals surface area contributed by atoms with Gasteiger partial charge in [0.25, 0.3) is 0 Å². The molecule has 0 aromatic rings. The van der Waals surface area contributed by atoms with Crippen molar-refractivity contribution in [3.05, 3.63) is 12.2 Å². The molecule has 7 nitrogen and oxygen atoms in total. The first kappa shape index (κ1) is 26.1. The third-order valence-corrected chi connectivity index (χ3v) is 4.47. The van der Waals surface area contributed by atoms with E-state index in [-0.39, 0.29) is 6.61 Å². The Kier molecular flexibility index (Phi) is 15.0. The number of carbonyl (C=O) groups is 3. The van der Waals surface area contributed by atoms with Crippen LogP contribution in [0, 0.1) is 0 Å².